The number of hydrogen-bond acceptors (Lipinski definition) is 4. The number of aryl methyl sites for hydroxylation is 1. The Morgan fingerprint density at radius 3 is 2.61 bits per heavy atom. The predicted octanol–water partition coefficient (Wildman–Crippen LogP) is 3.00. The van der Waals surface area contributed by atoms with E-state index in [2.05, 4.69) is 5.32 Å². The maximum absolute atomic E-state index is 12.9. The van der Waals surface area contributed by atoms with E-state index in [1.165, 1.54) is 28.6 Å². The van der Waals surface area contributed by atoms with Crippen molar-refractivity contribution in [3.05, 3.63) is 66.0 Å². The number of sulfonamides is 1. The number of piperidine rings is 1. The van der Waals surface area contributed by atoms with E-state index in [0.717, 1.165) is 5.56 Å². The van der Waals surface area contributed by atoms with Crippen LogP contribution in [0.4, 0.5) is 4.39 Å². The van der Waals surface area contributed by atoms with Gasteiger partial charge in [0.1, 0.15) is 18.2 Å². The van der Waals surface area contributed by atoms with Crippen molar-refractivity contribution in [1.29, 1.82) is 0 Å². The average Bonchev–Trinajstić information content (AvgIpc) is 2.78. The van der Waals surface area contributed by atoms with Gasteiger partial charge < -0.3 is 10.1 Å². The molecule has 0 unspecified atom stereocenters. The molecule has 3 rings (SSSR count). The molecular formula is C23H29FN2O4S. The van der Waals surface area contributed by atoms with Gasteiger partial charge in [-0.1, -0.05) is 30.3 Å². The minimum atomic E-state index is -3.39. The number of nitrogens with one attached hydrogen (secondary N) is 1. The fraction of sp³-hybridized carbons (Fsp3) is 0.435. The van der Waals surface area contributed by atoms with Crippen LogP contribution in [0.2, 0.25) is 0 Å². The SMILES string of the molecule is O=C(NCCOc1ccc(F)cc1)[C@@H]1CCCN(S(=O)(=O)CCCc2ccccc2)C1. The predicted molar refractivity (Wildman–Crippen MR) is 118 cm³/mol. The normalized spacial score (nSPS) is 17.3. The fourth-order valence-electron chi connectivity index (χ4n) is 3.66. The van der Waals surface area contributed by atoms with Crippen molar-refractivity contribution in [2.24, 2.45) is 5.92 Å². The number of ether oxygens (including phenoxy) is 1. The lowest BCUT2D eigenvalue weighted by atomic mass is 9.99. The lowest BCUT2D eigenvalue weighted by molar-refractivity contribution is -0.126. The number of nitrogens with zero attached hydrogens (tertiary/aromatic N) is 1. The molecule has 31 heavy (non-hydrogen) atoms. The van der Waals surface area contributed by atoms with E-state index >= 15 is 0 Å². The van der Waals surface area contributed by atoms with Crippen molar-refractivity contribution in [2.45, 2.75) is 25.7 Å². The third kappa shape index (κ3) is 7.33. The quantitative estimate of drug-likeness (QED) is 0.567. The van der Waals surface area contributed by atoms with Crippen LogP contribution in [0.3, 0.4) is 0 Å². The molecule has 168 valence electrons. The van der Waals surface area contributed by atoms with Gasteiger partial charge in [-0.25, -0.2) is 17.1 Å². The number of rotatable bonds is 10. The highest BCUT2D eigenvalue weighted by molar-refractivity contribution is 7.89. The number of benzene rings is 2. The maximum Gasteiger partial charge on any atom is 0.224 e. The largest absolute Gasteiger partial charge is 0.492 e. The summed E-state index contributed by atoms with van der Waals surface area (Å²) in [4.78, 5) is 12.5. The lowest BCUT2D eigenvalue weighted by Crippen LogP contribution is -2.46. The Balaban J connectivity index is 1.40. The Bertz CT molecular complexity index is 936. The second-order valence-corrected chi connectivity index (χ2v) is 9.78. The van der Waals surface area contributed by atoms with Gasteiger partial charge in [0.15, 0.2) is 0 Å². The molecule has 1 atom stereocenters. The van der Waals surface area contributed by atoms with Gasteiger partial charge in [0.25, 0.3) is 0 Å². The molecule has 0 aliphatic carbocycles. The van der Waals surface area contributed by atoms with Gasteiger partial charge in [-0.2, -0.15) is 0 Å². The zero-order valence-corrected chi connectivity index (χ0v) is 18.3. The van der Waals surface area contributed by atoms with Crippen molar-refractivity contribution in [1.82, 2.24) is 9.62 Å². The van der Waals surface area contributed by atoms with Crippen LogP contribution in [0.15, 0.2) is 54.6 Å². The Labute approximate surface area is 183 Å². The number of halogens is 1. The highest BCUT2D eigenvalue weighted by Crippen LogP contribution is 2.20. The summed E-state index contributed by atoms with van der Waals surface area (Å²) in [7, 11) is -3.39. The van der Waals surface area contributed by atoms with Crippen LogP contribution in [0, 0.1) is 11.7 Å². The third-order valence-electron chi connectivity index (χ3n) is 5.34. The molecule has 1 N–H and O–H groups in total. The van der Waals surface area contributed by atoms with E-state index < -0.39 is 10.0 Å². The molecule has 1 fully saturated rings. The average molecular weight is 449 g/mol. The first kappa shape index (κ1) is 23.2. The summed E-state index contributed by atoms with van der Waals surface area (Å²) >= 11 is 0. The number of hydrogen-bond donors (Lipinski definition) is 1. The van der Waals surface area contributed by atoms with Gasteiger partial charge in [-0.15, -0.1) is 0 Å². The molecule has 0 bridgehead atoms. The van der Waals surface area contributed by atoms with Crippen LogP contribution in [-0.2, 0) is 21.2 Å². The second-order valence-electron chi connectivity index (χ2n) is 7.70. The molecule has 1 aliphatic rings. The third-order valence-corrected chi connectivity index (χ3v) is 7.27. The molecule has 2 aromatic carbocycles. The molecule has 0 radical (unpaired) electrons. The molecule has 0 aromatic heterocycles. The van der Waals surface area contributed by atoms with E-state index in [1.54, 1.807) is 0 Å². The Morgan fingerprint density at radius 2 is 1.87 bits per heavy atom. The summed E-state index contributed by atoms with van der Waals surface area (Å²) in [5.74, 6) is -0.240. The molecular weight excluding hydrogens is 419 g/mol. The van der Waals surface area contributed by atoms with E-state index in [9.17, 15) is 17.6 Å². The topological polar surface area (TPSA) is 75.7 Å². The van der Waals surface area contributed by atoms with Gasteiger partial charge >= 0.3 is 0 Å². The molecule has 0 saturated carbocycles. The monoisotopic (exact) mass is 448 g/mol. The molecule has 2 aromatic rings. The van der Waals surface area contributed by atoms with Crippen molar-refractivity contribution >= 4 is 15.9 Å². The van der Waals surface area contributed by atoms with E-state index in [1.807, 2.05) is 30.3 Å². The van der Waals surface area contributed by atoms with E-state index in [-0.39, 0.29) is 36.5 Å². The number of amides is 1. The van der Waals surface area contributed by atoms with Gasteiger partial charge in [0.2, 0.25) is 15.9 Å². The highest BCUT2D eigenvalue weighted by Gasteiger charge is 2.31. The molecule has 1 aliphatic heterocycles. The van der Waals surface area contributed by atoms with Gasteiger partial charge in [-0.05, 0) is 55.5 Å². The molecule has 6 nitrogen and oxygen atoms in total. The minimum absolute atomic E-state index is 0.0851. The molecule has 1 saturated heterocycles. The van der Waals surface area contributed by atoms with Crippen molar-refractivity contribution in [3.8, 4) is 5.75 Å². The zero-order valence-electron chi connectivity index (χ0n) is 17.5. The second kappa shape index (κ2) is 11.2. The van der Waals surface area contributed by atoms with Crippen LogP contribution in [-0.4, -0.2) is 50.6 Å². The first-order chi connectivity index (χ1) is 14.9. The highest BCUT2D eigenvalue weighted by atomic mass is 32.2. The van der Waals surface area contributed by atoms with Crippen molar-refractivity contribution in [3.63, 3.8) is 0 Å². The Morgan fingerprint density at radius 1 is 1.13 bits per heavy atom. The van der Waals surface area contributed by atoms with Gasteiger partial charge in [0, 0.05) is 13.1 Å². The van der Waals surface area contributed by atoms with Crippen LogP contribution >= 0.6 is 0 Å². The first-order valence-electron chi connectivity index (χ1n) is 10.6. The molecule has 0 spiro atoms. The number of carbonyl (C=O) groups is 1. The summed E-state index contributed by atoms with van der Waals surface area (Å²) in [6.45, 7) is 1.24. The van der Waals surface area contributed by atoms with Crippen LogP contribution in [0.1, 0.15) is 24.8 Å². The molecule has 8 heteroatoms. The van der Waals surface area contributed by atoms with Crippen molar-refractivity contribution in [2.75, 3.05) is 32.0 Å². The van der Waals surface area contributed by atoms with Crippen LogP contribution in [0.25, 0.3) is 0 Å². The molecule has 1 amide bonds. The maximum atomic E-state index is 12.9. The van der Waals surface area contributed by atoms with Crippen LogP contribution < -0.4 is 10.1 Å². The van der Waals surface area contributed by atoms with E-state index in [4.69, 9.17) is 4.74 Å². The number of carbonyl (C=O) groups excluding carboxylic acids is 1. The lowest BCUT2D eigenvalue weighted by Gasteiger charge is -2.31. The summed E-state index contributed by atoms with van der Waals surface area (Å²) in [5, 5.41) is 2.81. The summed E-state index contributed by atoms with van der Waals surface area (Å²) in [5.41, 5.74) is 1.12. The standard InChI is InChI=1S/C23H29FN2O4S/c24-21-10-12-22(13-11-21)30-16-14-25-23(27)20-9-4-15-26(18-20)31(28,29)17-5-8-19-6-2-1-3-7-19/h1-3,6-7,10-13,20H,4-5,8-9,14-18H2,(H,25,27)/t20-/m1/s1. The summed E-state index contributed by atoms with van der Waals surface area (Å²) < 4.78 is 45.3. The smallest absolute Gasteiger partial charge is 0.224 e. The minimum Gasteiger partial charge on any atom is -0.492 e. The fourth-order valence-corrected chi connectivity index (χ4v) is 5.24. The first-order valence-corrected chi connectivity index (χ1v) is 12.2. The van der Waals surface area contributed by atoms with Gasteiger partial charge in [0.05, 0.1) is 18.2 Å². The molecule has 1 heterocycles. The Kier molecular flexibility index (Phi) is 8.43. The van der Waals surface area contributed by atoms with Crippen LogP contribution in [0.5, 0.6) is 5.75 Å². The van der Waals surface area contributed by atoms with Gasteiger partial charge in [-0.3, -0.25) is 4.79 Å². The van der Waals surface area contributed by atoms with E-state index in [0.29, 0.717) is 44.5 Å². The van der Waals surface area contributed by atoms with Crippen molar-refractivity contribution < 1.29 is 22.3 Å². The zero-order chi connectivity index (χ0) is 22.1. The summed E-state index contributed by atoms with van der Waals surface area (Å²) in [6.07, 6.45) is 2.61. The summed E-state index contributed by atoms with van der Waals surface area (Å²) in [6, 6.07) is 15.5. The Hall–Kier alpha value is -2.45.